The van der Waals surface area contributed by atoms with Gasteiger partial charge in [0.2, 0.25) is 0 Å². The van der Waals surface area contributed by atoms with E-state index < -0.39 is 0 Å². The summed E-state index contributed by atoms with van der Waals surface area (Å²) in [7, 11) is 0. The first-order valence-electron chi connectivity index (χ1n) is 4.51. The fourth-order valence-corrected chi connectivity index (χ4v) is 1.61. The molecule has 2 nitrogen and oxygen atoms in total. The fraction of sp³-hybridized carbons (Fsp3) is 0.167. The van der Waals surface area contributed by atoms with Crippen molar-refractivity contribution < 1.29 is 10.2 Å². The summed E-state index contributed by atoms with van der Waals surface area (Å²) in [6, 6.07) is 7.13. The normalized spacial score (nSPS) is 10.7. The minimum absolute atomic E-state index is 0.265. The molecular formula is C12H12O2. The Morgan fingerprint density at radius 2 is 1.64 bits per heavy atom. The van der Waals surface area contributed by atoms with E-state index in [4.69, 9.17) is 0 Å². The lowest BCUT2D eigenvalue weighted by Crippen LogP contribution is -1.82. The maximum absolute atomic E-state index is 9.55. The molecule has 0 aliphatic rings. The molecule has 0 unspecified atom stereocenters. The number of hydrogen-bond acceptors (Lipinski definition) is 2. The van der Waals surface area contributed by atoms with Crippen molar-refractivity contribution in [1.82, 2.24) is 0 Å². The smallest absolute Gasteiger partial charge is 0.119 e. The molecule has 0 atom stereocenters. The van der Waals surface area contributed by atoms with Crippen LogP contribution < -0.4 is 0 Å². The van der Waals surface area contributed by atoms with Gasteiger partial charge in [0.15, 0.2) is 0 Å². The standard InChI is InChI=1S/C12H12O2/c1-7-5-9-3-4-11(13)8(2)10(9)6-12(7)14/h3-6,13-14H,1-2H3. The summed E-state index contributed by atoms with van der Waals surface area (Å²) in [6.07, 6.45) is 0. The molecular weight excluding hydrogens is 176 g/mol. The van der Waals surface area contributed by atoms with Gasteiger partial charge in [0.05, 0.1) is 0 Å². The van der Waals surface area contributed by atoms with E-state index in [1.165, 1.54) is 0 Å². The molecule has 2 aromatic rings. The monoisotopic (exact) mass is 188 g/mol. The average molecular weight is 188 g/mol. The third kappa shape index (κ3) is 1.20. The third-order valence-corrected chi connectivity index (χ3v) is 2.58. The number of aryl methyl sites for hydroxylation is 2. The van der Waals surface area contributed by atoms with Gasteiger partial charge < -0.3 is 10.2 Å². The van der Waals surface area contributed by atoms with Crippen molar-refractivity contribution in [3.8, 4) is 11.5 Å². The molecule has 0 spiro atoms. The zero-order chi connectivity index (χ0) is 10.3. The van der Waals surface area contributed by atoms with Crippen LogP contribution in [0.4, 0.5) is 0 Å². The molecule has 2 aromatic carbocycles. The molecule has 0 bridgehead atoms. The van der Waals surface area contributed by atoms with Crippen molar-refractivity contribution in [1.29, 1.82) is 0 Å². The predicted octanol–water partition coefficient (Wildman–Crippen LogP) is 2.87. The minimum Gasteiger partial charge on any atom is -0.508 e. The van der Waals surface area contributed by atoms with Crippen LogP contribution in [0.15, 0.2) is 24.3 Å². The van der Waals surface area contributed by atoms with Gasteiger partial charge in [-0.3, -0.25) is 0 Å². The maximum atomic E-state index is 9.55. The number of phenolic OH excluding ortho intramolecular Hbond substituents is 2. The van der Waals surface area contributed by atoms with Gasteiger partial charge >= 0.3 is 0 Å². The van der Waals surface area contributed by atoms with E-state index in [-0.39, 0.29) is 11.5 Å². The van der Waals surface area contributed by atoms with Crippen LogP contribution in [0.1, 0.15) is 11.1 Å². The van der Waals surface area contributed by atoms with Crippen LogP contribution in [-0.2, 0) is 0 Å². The van der Waals surface area contributed by atoms with Gasteiger partial charge in [-0.25, -0.2) is 0 Å². The Labute approximate surface area is 82.4 Å². The number of aromatic hydroxyl groups is 2. The van der Waals surface area contributed by atoms with Gasteiger partial charge in [0.25, 0.3) is 0 Å². The molecule has 0 aromatic heterocycles. The largest absolute Gasteiger partial charge is 0.508 e. The molecule has 0 amide bonds. The van der Waals surface area contributed by atoms with Crippen molar-refractivity contribution >= 4 is 10.8 Å². The van der Waals surface area contributed by atoms with Gasteiger partial charge in [-0.1, -0.05) is 6.07 Å². The van der Waals surface area contributed by atoms with Crippen molar-refractivity contribution in [3.05, 3.63) is 35.4 Å². The van der Waals surface area contributed by atoms with E-state index in [0.29, 0.717) is 0 Å². The zero-order valence-electron chi connectivity index (χ0n) is 8.20. The first kappa shape index (κ1) is 8.88. The number of rotatable bonds is 0. The van der Waals surface area contributed by atoms with Gasteiger partial charge in [0, 0.05) is 0 Å². The average Bonchev–Trinajstić information content (AvgIpc) is 2.15. The van der Waals surface area contributed by atoms with Crippen molar-refractivity contribution in [2.45, 2.75) is 13.8 Å². The van der Waals surface area contributed by atoms with Gasteiger partial charge in [-0.2, -0.15) is 0 Å². The Balaban J connectivity index is 2.89. The summed E-state index contributed by atoms with van der Waals surface area (Å²) >= 11 is 0. The van der Waals surface area contributed by atoms with E-state index in [0.717, 1.165) is 21.9 Å². The predicted molar refractivity (Wildman–Crippen MR) is 56.8 cm³/mol. The van der Waals surface area contributed by atoms with Crippen LogP contribution in [-0.4, -0.2) is 10.2 Å². The number of fused-ring (bicyclic) bond motifs is 1. The van der Waals surface area contributed by atoms with Gasteiger partial charge in [0.1, 0.15) is 11.5 Å². The molecule has 0 saturated heterocycles. The number of hydrogen-bond donors (Lipinski definition) is 2. The Kier molecular flexibility index (Phi) is 1.84. The SMILES string of the molecule is Cc1cc2ccc(O)c(C)c2cc1O. The van der Waals surface area contributed by atoms with E-state index in [1.54, 1.807) is 12.1 Å². The van der Waals surface area contributed by atoms with E-state index in [2.05, 4.69) is 0 Å². The van der Waals surface area contributed by atoms with E-state index >= 15 is 0 Å². The lowest BCUT2D eigenvalue weighted by atomic mass is 10.0. The lowest BCUT2D eigenvalue weighted by molar-refractivity contribution is 0.470. The Bertz CT molecular complexity index is 501. The molecule has 0 fully saturated rings. The molecule has 2 N–H and O–H groups in total. The van der Waals surface area contributed by atoms with Crippen molar-refractivity contribution in [2.75, 3.05) is 0 Å². The lowest BCUT2D eigenvalue weighted by Gasteiger charge is -2.06. The minimum atomic E-state index is 0.265. The highest BCUT2D eigenvalue weighted by atomic mass is 16.3. The summed E-state index contributed by atoms with van der Waals surface area (Å²) < 4.78 is 0. The van der Waals surface area contributed by atoms with Crippen molar-refractivity contribution in [2.24, 2.45) is 0 Å². The molecule has 2 heteroatoms. The summed E-state index contributed by atoms with van der Waals surface area (Å²) in [5.74, 6) is 0.534. The highest BCUT2D eigenvalue weighted by Gasteiger charge is 2.04. The molecule has 0 radical (unpaired) electrons. The molecule has 14 heavy (non-hydrogen) atoms. The van der Waals surface area contributed by atoms with Gasteiger partial charge in [-0.05, 0) is 53.9 Å². The number of phenols is 2. The zero-order valence-corrected chi connectivity index (χ0v) is 8.20. The first-order valence-corrected chi connectivity index (χ1v) is 4.51. The van der Waals surface area contributed by atoms with Crippen LogP contribution in [0.25, 0.3) is 10.8 Å². The molecule has 72 valence electrons. The highest BCUT2D eigenvalue weighted by molar-refractivity contribution is 5.89. The summed E-state index contributed by atoms with van der Waals surface area (Å²) in [5.41, 5.74) is 1.65. The van der Waals surface area contributed by atoms with E-state index in [9.17, 15) is 10.2 Å². The topological polar surface area (TPSA) is 40.5 Å². The van der Waals surface area contributed by atoms with Crippen LogP contribution in [0.2, 0.25) is 0 Å². The highest BCUT2D eigenvalue weighted by Crippen LogP contribution is 2.30. The second kappa shape index (κ2) is 2.91. The van der Waals surface area contributed by atoms with Crippen LogP contribution in [0, 0.1) is 13.8 Å². The molecule has 0 aliphatic heterocycles. The van der Waals surface area contributed by atoms with Crippen molar-refractivity contribution in [3.63, 3.8) is 0 Å². The third-order valence-electron chi connectivity index (χ3n) is 2.58. The van der Waals surface area contributed by atoms with E-state index in [1.807, 2.05) is 26.0 Å². The molecule has 0 heterocycles. The molecule has 0 aliphatic carbocycles. The molecule has 0 saturated carbocycles. The Morgan fingerprint density at radius 3 is 2.36 bits per heavy atom. The van der Waals surface area contributed by atoms with Gasteiger partial charge in [-0.15, -0.1) is 0 Å². The fourth-order valence-electron chi connectivity index (χ4n) is 1.61. The quantitative estimate of drug-likeness (QED) is 0.667. The second-order valence-electron chi connectivity index (χ2n) is 3.57. The summed E-state index contributed by atoms with van der Waals surface area (Å²) in [5, 5.41) is 21.0. The Hall–Kier alpha value is -1.70. The molecule has 2 rings (SSSR count). The second-order valence-corrected chi connectivity index (χ2v) is 3.57. The van der Waals surface area contributed by atoms with Crippen LogP contribution >= 0.6 is 0 Å². The maximum Gasteiger partial charge on any atom is 0.119 e. The van der Waals surface area contributed by atoms with Crippen LogP contribution in [0.3, 0.4) is 0 Å². The summed E-state index contributed by atoms with van der Waals surface area (Å²) in [6.45, 7) is 3.70. The number of benzene rings is 2. The van der Waals surface area contributed by atoms with Crippen LogP contribution in [0.5, 0.6) is 11.5 Å². The Morgan fingerprint density at radius 1 is 0.929 bits per heavy atom. The first-order chi connectivity index (χ1) is 6.59. The summed E-state index contributed by atoms with van der Waals surface area (Å²) in [4.78, 5) is 0.